The summed E-state index contributed by atoms with van der Waals surface area (Å²) in [6.45, 7) is 0.231. The van der Waals surface area contributed by atoms with Crippen molar-refractivity contribution in [3.8, 4) is 0 Å². The number of nitrogen functional groups attached to an aromatic ring is 1. The molecule has 3 aromatic rings. The van der Waals surface area contributed by atoms with Crippen LogP contribution in [-0.2, 0) is 6.54 Å². The van der Waals surface area contributed by atoms with Crippen LogP contribution in [0.25, 0.3) is 10.9 Å². The molecule has 4 nitrogen and oxygen atoms in total. The number of halogens is 2. The molecule has 0 atom stereocenters. The van der Waals surface area contributed by atoms with Crippen LogP contribution >= 0.6 is 15.9 Å². The Kier molecular flexibility index (Phi) is 3.47. The number of rotatable bonds is 2. The van der Waals surface area contributed by atoms with Gasteiger partial charge in [-0.1, -0.05) is 15.9 Å². The van der Waals surface area contributed by atoms with E-state index in [0.29, 0.717) is 22.2 Å². The number of benzene rings is 2. The second-order valence-corrected chi connectivity index (χ2v) is 5.54. The van der Waals surface area contributed by atoms with Gasteiger partial charge in [0.15, 0.2) is 0 Å². The lowest BCUT2D eigenvalue weighted by Gasteiger charge is -2.09. The van der Waals surface area contributed by atoms with Gasteiger partial charge >= 0.3 is 0 Å². The van der Waals surface area contributed by atoms with Crippen molar-refractivity contribution in [2.75, 3.05) is 5.73 Å². The van der Waals surface area contributed by atoms with E-state index in [9.17, 15) is 9.18 Å². The molecule has 0 aliphatic heterocycles. The summed E-state index contributed by atoms with van der Waals surface area (Å²) in [6, 6.07) is 9.36. The Hall–Kier alpha value is -2.21. The van der Waals surface area contributed by atoms with Crippen LogP contribution in [0.15, 0.2) is 52.0 Å². The van der Waals surface area contributed by atoms with E-state index >= 15 is 0 Å². The van der Waals surface area contributed by atoms with Crippen molar-refractivity contribution in [3.05, 3.63) is 68.9 Å². The molecule has 0 saturated carbocycles. The first-order valence-corrected chi connectivity index (χ1v) is 7.02. The van der Waals surface area contributed by atoms with Gasteiger partial charge in [0.1, 0.15) is 5.82 Å². The van der Waals surface area contributed by atoms with Crippen molar-refractivity contribution >= 4 is 32.5 Å². The van der Waals surface area contributed by atoms with Gasteiger partial charge < -0.3 is 5.73 Å². The van der Waals surface area contributed by atoms with Gasteiger partial charge in [-0.3, -0.25) is 9.36 Å². The highest BCUT2D eigenvalue weighted by Gasteiger charge is 2.08. The molecular formula is C15H11BrFN3O. The fourth-order valence-corrected chi connectivity index (χ4v) is 2.51. The van der Waals surface area contributed by atoms with Crippen molar-refractivity contribution in [1.82, 2.24) is 9.55 Å². The molecule has 0 aliphatic rings. The predicted octanol–water partition coefficient (Wildman–Crippen LogP) is 2.93. The minimum absolute atomic E-state index is 0.205. The Balaban J connectivity index is 2.11. The van der Waals surface area contributed by atoms with Crippen LogP contribution in [0.4, 0.5) is 10.1 Å². The maximum Gasteiger partial charge on any atom is 0.261 e. The molecular weight excluding hydrogens is 337 g/mol. The fourth-order valence-electron chi connectivity index (χ4n) is 2.14. The van der Waals surface area contributed by atoms with Crippen molar-refractivity contribution in [1.29, 1.82) is 0 Å². The third-order valence-electron chi connectivity index (χ3n) is 3.20. The summed E-state index contributed by atoms with van der Waals surface area (Å²) in [4.78, 5) is 16.7. The van der Waals surface area contributed by atoms with Crippen molar-refractivity contribution in [3.63, 3.8) is 0 Å². The summed E-state index contributed by atoms with van der Waals surface area (Å²) in [7, 11) is 0. The molecule has 0 amide bonds. The molecule has 6 heteroatoms. The molecule has 0 unspecified atom stereocenters. The molecule has 3 rings (SSSR count). The Morgan fingerprint density at radius 2 is 2.05 bits per heavy atom. The smallest absolute Gasteiger partial charge is 0.261 e. The largest absolute Gasteiger partial charge is 0.399 e. The average Bonchev–Trinajstić information content (AvgIpc) is 2.46. The first-order valence-electron chi connectivity index (χ1n) is 6.23. The van der Waals surface area contributed by atoms with Gasteiger partial charge in [-0.05, 0) is 42.0 Å². The van der Waals surface area contributed by atoms with E-state index in [-0.39, 0.29) is 17.9 Å². The number of nitrogens with two attached hydrogens (primary N) is 1. The second-order valence-electron chi connectivity index (χ2n) is 4.69. The molecule has 1 aromatic heterocycles. The molecule has 2 aromatic carbocycles. The maximum absolute atomic E-state index is 13.3. The average molecular weight is 348 g/mol. The van der Waals surface area contributed by atoms with Crippen LogP contribution in [0.2, 0.25) is 0 Å². The maximum atomic E-state index is 13.3. The van der Waals surface area contributed by atoms with Gasteiger partial charge in [0.05, 0.1) is 23.8 Å². The number of anilines is 1. The highest BCUT2D eigenvalue weighted by atomic mass is 79.9. The quantitative estimate of drug-likeness (QED) is 0.725. The summed E-state index contributed by atoms with van der Waals surface area (Å²) < 4.78 is 15.5. The molecule has 0 bridgehead atoms. The fraction of sp³-hybridized carbons (Fsp3) is 0.0667. The molecule has 2 N–H and O–H groups in total. The first kappa shape index (κ1) is 13.8. The minimum Gasteiger partial charge on any atom is -0.399 e. The molecule has 106 valence electrons. The van der Waals surface area contributed by atoms with Crippen LogP contribution in [0.3, 0.4) is 0 Å². The van der Waals surface area contributed by atoms with Gasteiger partial charge in [-0.2, -0.15) is 0 Å². The Bertz CT molecular complexity index is 892. The van der Waals surface area contributed by atoms with Gasteiger partial charge in [-0.15, -0.1) is 0 Å². The highest BCUT2D eigenvalue weighted by Crippen LogP contribution is 2.19. The van der Waals surface area contributed by atoms with Crippen LogP contribution < -0.4 is 11.3 Å². The number of nitrogens with zero attached hydrogens (tertiary/aromatic N) is 2. The third-order valence-corrected chi connectivity index (χ3v) is 3.97. The first-order chi connectivity index (χ1) is 10.0. The zero-order valence-corrected chi connectivity index (χ0v) is 12.5. The summed E-state index contributed by atoms with van der Waals surface area (Å²) in [5, 5.41) is 0.449. The van der Waals surface area contributed by atoms with E-state index in [4.69, 9.17) is 5.73 Å². The zero-order chi connectivity index (χ0) is 15.0. The Morgan fingerprint density at radius 3 is 2.86 bits per heavy atom. The van der Waals surface area contributed by atoms with E-state index in [2.05, 4.69) is 20.9 Å². The molecule has 0 fully saturated rings. The number of fused-ring (bicyclic) bond motifs is 1. The van der Waals surface area contributed by atoms with Crippen molar-refractivity contribution in [2.24, 2.45) is 0 Å². The van der Waals surface area contributed by atoms with Crippen LogP contribution in [0.5, 0.6) is 0 Å². The van der Waals surface area contributed by atoms with Crippen LogP contribution in [0.1, 0.15) is 5.56 Å². The van der Waals surface area contributed by atoms with E-state index < -0.39 is 0 Å². The standard InChI is InChI=1S/C15H11BrFN3O/c16-13-3-1-10(17)5-9(13)7-20-8-19-14-4-2-11(18)6-12(14)15(20)21/h1-6,8H,7,18H2. The third kappa shape index (κ3) is 2.67. The van der Waals surface area contributed by atoms with E-state index in [1.807, 2.05) is 0 Å². The van der Waals surface area contributed by atoms with Crippen molar-refractivity contribution in [2.45, 2.75) is 6.54 Å². The topological polar surface area (TPSA) is 60.9 Å². The van der Waals surface area contributed by atoms with Gasteiger partial charge in [0.2, 0.25) is 0 Å². The lowest BCUT2D eigenvalue weighted by atomic mass is 10.2. The molecule has 21 heavy (non-hydrogen) atoms. The monoisotopic (exact) mass is 347 g/mol. The summed E-state index contributed by atoms with van der Waals surface area (Å²) in [5.41, 5.74) is 7.26. The van der Waals surface area contributed by atoms with Crippen molar-refractivity contribution < 1.29 is 4.39 Å². The van der Waals surface area contributed by atoms with Crippen LogP contribution in [0, 0.1) is 5.82 Å². The highest BCUT2D eigenvalue weighted by molar-refractivity contribution is 9.10. The number of aromatic nitrogens is 2. The van der Waals surface area contributed by atoms with Gasteiger partial charge in [-0.25, -0.2) is 9.37 Å². The second kappa shape index (κ2) is 5.29. The minimum atomic E-state index is -0.348. The summed E-state index contributed by atoms with van der Waals surface area (Å²) >= 11 is 3.35. The lowest BCUT2D eigenvalue weighted by Crippen LogP contribution is -2.21. The SMILES string of the molecule is Nc1ccc2ncn(Cc3cc(F)ccc3Br)c(=O)c2c1. The van der Waals surface area contributed by atoms with E-state index in [1.54, 1.807) is 24.3 Å². The molecule has 0 saturated heterocycles. The predicted molar refractivity (Wildman–Crippen MR) is 83.6 cm³/mol. The molecule has 0 aliphatic carbocycles. The van der Waals surface area contributed by atoms with Gasteiger partial charge in [0.25, 0.3) is 5.56 Å². The number of hydrogen-bond donors (Lipinski definition) is 1. The Morgan fingerprint density at radius 1 is 1.24 bits per heavy atom. The zero-order valence-electron chi connectivity index (χ0n) is 10.9. The van der Waals surface area contributed by atoms with Gasteiger partial charge in [0, 0.05) is 10.2 Å². The summed E-state index contributed by atoms with van der Waals surface area (Å²) in [6.07, 6.45) is 1.46. The molecule has 0 spiro atoms. The Labute approximate surface area is 128 Å². The normalized spacial score (nSPS) is 11.0. The number of hydrogen-bond acceptors (Lipinski definition) is 3. The molecule has 0 radical (unpaired) electrons. The van der Waals surface area contributed by atoms with Crippen LogP contribution in [-0.4, -0.2) is 9.55 Å². The summed E-state index contributed by atoms with van der Waals surface area (Å²) in [5.74, 6) is -0.348. The van der Waals surface area contributed by atoms with E-state index in [0.717, 1.165) is 4.47 Å². The van der Waals surface area contributed by atoms with E-state index in [1.165, 1.54) is 23.0 Å². The molecule has 1 heterocycles. The lowest BCUT2D eigenvalue weighted by molar-refractivity contribution is 0.622.